The molecule has 0 fully saturated rings. The van der Waals surface area contributed by atoms with Crippen LogP contribution < -0.4 is 4.74 Å². The maximum Gasteiger partial charge on any atom is 0.307 e. The van der Waals surface area contributed by atoms with Gasteiger partial charge in [0.15, 0.2) is 0 Å². The molecule has 1 unspecified atom stereocenters. The lowest BCUT2D eigenvalue weighted by Crippen LogP contribution is -2.16. The van der Waals surface area contributed by atoms with Gasteiger partial charge in [-0.3, -0.25) is 9.48 Å². The summed E-state index contributed by atoms with van der Waals surface area (Å²) in [5.74, 6) is -0.662. The third kappa shape index (κ3) is 5.04. The van der Waals surface area contributed by atoms with Crippen LogP contribution in [-0.4, -0.2) is 38.7 Å². The fourth-order valence-electron chi connectivity index (χ4n) is 3.21. The van der Waals surface area contributed by atoms with E-state index in [1.807, 2.05) is 19.9 Å². The maximum atomic E-state index is 13.4. The van der Waals surface area contributed by atoms with Crippen LogP contribution in [0.4, 0.5) is 4.39 Å². The van der Waals surface area contributed by atoms with Gasteiger partial charge in [0.1, 0.15) is 11.6 Å². The lowest BCUT2D eigenvalue weighted by molar-refractivity contribution is -0.136. The maximum absolute atomic E-state index is 13.4. The second-order valence-corrected chi connectivity index (χ2v) is 7.00. The molecule has 1 atom stereocenters. The number of aliphatic carboxylic acids is 1. The lowest BCUT2D eigenvalue weighted by Gasteiger charge is -2.12. The molecule has 0 saturated heterocycles. The largest absolute Gasteiger partial charge is 0.493 e. The fraction of sp³-hybridized carbons (Fsp3) is 0.304. The smallest absolute Gasteiger partial charge is 0.307 e. The molecular formula is C23H25FN2O4. The number of hydrogen-bond donors (Lipinski definition) is 2. The number of aliphatic hydroxyl groups excluding tert-OH is 1. The monoisotopic (exact) mass is 412 g/mol. The van der Waals surface area contributed by atoms with E-state index in [0.29, 0.717) is 35.6 Å². The number of nitrogens with zero attached hydrogens (tertiary/aromatic N) is 2. The minimum Gasteiger partial charge on any atom is -0.493 e. The van der Waals surface area contributed by atoms with Gasteiger partial charge in [0.25, 0.3) is 0 Å². The van der Waals surface area contributed by atoms with Crippen LogP contribution in [0.2, 0.25) is 0 Å². The lowest BCUT2D eigenvalue weighted by atomic mass is 10.0. The average molecular weight is 412 g/mol. The van der Waals surface area contributed by atoms with Gasteiger partial charge in [0.2, 0.25) is 0 Å². The summed E-state index contributed by atoms with van der Waals surface area (Å²) < 4.78 is 20.8. The number of benzene rings is 2. The van der Waals surface area contributed by atoms with Crippen LogP contribution in [0.5, 0.6) is 5.75 Å². The number of aliphatic hydroxyl groups is 1. The Morgan fingerprint density at radius 1 is 1.17 bits per heavy atom. The second-order valence-electron chi connectivity index (χ2n) is 7.00. The molecule has 0 spiro atoms. The van der Waals surface area contributed by atoms with E-state index in [1.165, 1.54) is 12.1 Å². The minimum absolute atomic E-state index is 0.112. The zero-order valence-corrected chi connectivity index (χ0v) is 17.0. The normalized spacial score (nSPS) is 12.0. The Bertz CT molecular complexity index is 1010. The molecule has 2 aromatic carbocycles. The summed E-state index contributed by atoms with van der Waals surface area (Å²) >= 11 is 0. The predicted molar refractivity (Wildman–Crippen MR) is 112 cm³/mol. The number of carbonyl (C=O) groups is 1. The molecule has 0 saturated carbocycles. The fourth-order valence-corrected chi connectivity index (χ4v) is 3.21. The summed E-state index contributed by atoms with van der Waals surface area (Å²) in [4.78, 5) is 11.1. The summed E-state index contributed by atoms with van der Waals surface area (Å²) in [5, 5.41) is 24.0. The summed E-state index contributed by atoms with van der Waals surface area (Å²) in [5.41, 5.74) is 3.38. The highest BCUT2D eigenvalue weighted by Crippen LogP contribution is 2.34. The van der Waals surface area contributed by atoms with Gasteiger partial charge in [-0.2, -0.15) is 5.10 Å². The molecule has 3 rings (SSSR count). The van der Waals surface area contributed by atoms with Crippen molar-refractivity contribution in [2.45, 2.75) is 39.3 Å². The van der Waals surface area contributed by atoms with Crippen LogP contribution in [0.25, 0.3) is 22.5 Å². The van der Waals surface area contributed by atoms with Crippen molar-refractivity contribution in [1.82, 2.24) is 9.78 Å². The summed E-state index contributed by atoms with van der Waals surface area (Å²) in [6.07, 6.45) is -0.128. The van der Waals surface area contributed by atoms with Crippen molar-refractivity contribution >= 4 is 5.97 Å². The number of carboxylic acids is 1. The molecule has 30 heavy (non-hydrogen) atoms. The first-order valence-corrected chi connectivity index (χ1v) is 9.91. The van der Waals surface area contributed by atoms with Crippen molar-refractivity contribution < 1.29 is 24.1 Å². The number of ether oxygens (including phenoxy) is 1. The van der Waals surface area contributed by atoms with E-state index in [2.05, 4.69) is 5.10 Å². The van der Waals surface area contributed by atoms with Gasteiger partial charge in [-0.15, -0.1) is 0 Å². The first-order valence-electron chi connectivity index (χ1n) is 9.91. The second kappa shape index (κ2) is 9.54. The van der Waals surface area contributed by atoms with Gasteiger partial charge in [-0.05, 0) is 61.4 Å². The third-order valence-electron chi connectivity index (χ3n) is 4.75. The molecule has 1 aromatic heterocycles. The SMILES string of the molecule is CCOc1ccc(CC(=O)O)cc1-c1cc(-c2ccc(F)cc2)n(CC(O)CC)n1. The highest BCUT2D eigenvalue weighted by molar-refractivity contribution is 5.76. The van der Waals surface area contributed by atoms with E-state index in [4.69, 9.17) is 9.84 Å². The Morgan fingerprint density at radius 2 is 1.90 bits per heavy atom. The Hall–Kier alpha value is -3.19. The van der Waals surface area contributed by atoms with E-state index in [9.17, 15) is 14.3 Å². The van der Waals surface area contributed by atoms with Gasteiger partial charge in [0, 0.05) is 11.1 Å². The molecule has 6 nitrogen and oxygen atoms in total. The van der Waals surface area contributed by atoms with E-state index in [0.717, 1.165) is 11.3 Å². The molecule has 1 heterocycles. The molecule has 0 amide bonds. The van der Waals surface area contributed by atoms with Crippen molar-refractivity contribution in [2.24, 2.45) is 0 Å². The summed E-state index contributed by atoms with van der Waals surface area (Å²) in [6.45, 7) is 4.48. The highest BCUT2D eigenvalue weighted by atomic mass is 19.1. The standard InChI is InChI=1S/C23H25FN2O4/c1-3-18(27)14-26-21(16-6-8-17(24)9-7-16)13-20(25-26)19-11-15(12-23(28)29)5-10-22(19)30-4-2/h5-11,13,18,27H,3-4,12,14H2,1-2H3,(H,28,29). The topological polar surface area (TPSA) is 84.6 Å². The first-order chi connectivity index (χ1) is 14.4. The molecular weight excluding hydrogens is 387 g/mol. The van der Waals surface area contributed by atoms with Crippen LogP contribution in [0.3, 0.4) is 0 Å². The minimum atomic E-state index is -0.922. The predicted octanol–water partition coefficient (Wildman–Crippen LogP) is 4.15. The van der Waals surface area contributed by atoms with Gasteiger partial charge < -0.3 is 14.9 Å². The van der Waals surface area contributed by atoms with E-state index in [-0.39, 0.29) is 18.8 Å². The number of rotatable bonds is 9. The molecule has 0 aliphatic heterocycles. The summed E-state index contributed by atoms with van der Waals surface area (Å²) in [7, 11) is 0. The summed E-state index contributed by atoms with van der Waals surface area (Å²) in [6, 6.07) is 13.2. The zero-order chi connectivity index (χ0) is 21.7. The van der Waals surface area contributed by atoms with Gasteiger partial charge >= 0.3 is 5.97 Å². The van der Waals surface area contributed by atoms with Crippen molar-refractivity contribution in [3.63, 3.8) is 0 Å². The number of halogens is 1. The van der Waals surface area contributed by atoms with Crippen LogP contribution in [0.15, 0.2) is 48.5 Å². The Kier molecular flexibility index (Phi) is 6.84. The Morgan fingerprint density at radius 3 is 2.53 bits per heavy atom. The number of aromatic nitrogens is 2. The quantitative estimate of drug-likeness (QED) is 0.551. The molecule has 3 aromatic rings. The molecule has 158 valence electrons. The molecule has 0 aliphatic rings. The van der Waals surface area contributed by atoms with E-state index in [1.54, 1.807) is 35.0 Å². The van der Waals surface area contributed by atoms with Crippen LogP contribution >= 0.6 is 0 Å². The average Bonchev–Trinajstić information content (AvgIpc) is 3.13. The Balaban J connectivity index is 2.12. The van der Waals surface area contributed by atoms with Crippen LogP contribution in [0.1, 0.15) is 25.8 Å². The van der Waals surface area contributed by atoms with Crippen molar-refractivity contribution in [3.05, 3.63) is 59.9 Å². The first kappa shape index (κ1) is 21.5. The van der Waals surface area contributed by atoms with Gasteiger partial charge in [-0.25, -0.2) is 4.39 Å². The van der Waals surface area contributed by atoms with Crippen molar-refractivity contribution in [2.75, 3.05) is 6.61 Å². The van der Waals surface area contributed by atoms with E-state index >= 15 is 0 Å². The Labute approximate surface area is 174 Å². The number of hydrogen-bond acceptors (Lipinski definition) is 4. The van der Waals surface area contributed by atoms with Crippen LogP contribution in [0, 0.1) is 5.82 Å². The molecule has 0 bridgehead atoms. The van der Waals surface area contributed by atoms with Gasteiger partial charge in [0.05, 0.1) is 37.1 Å². The molecule has 7 heteroatoms. The van der Waals surface area contributed by atoms with Gasteiger partial charge in [-0.1, -0.05) is 13.0 Å². The van der Waals surface area contributed by atoms with E-state index < -0.39 is 12.1 Å². The number of carboxylic acid groups (broad SMARTS) is 1. The molecule has 0 aliphatic carbocycles. The molecule has 0 radical (unpaired) electrons. The van der Waals surface area contributed by atoms with Crippen molar-refractivity contribution in [3.8, 4) is 28.3 Å². The van der Waals surface area contributed by atoms with Crippen LogP contribution in [-0.2, 0) is 17.8 Å². The highest BCUT2D eigenvalue weighted by Gasteiger charge is 2.18. The van der Waals surface area contributed by atoms with Crippen molar-refractivity contribution in [1.29, 1.82) is 0 Å². The third-order valence-corrected chi connectivity index (χ3v) is 4.75. The zero-order valence-electron chi connectivity index (χ0n) is 17.0. The molecule has 2 N–H and O–H groups in total.